The summed E-state index contributed by atoms with van der Waals surface area (Å²) in [5.41, 5.74) is 0.662. The van der Waals surface area contributed by atoms with Gasteiger partial charge in [0.05, 0.1) is 20.8 Å². The first-order valence-corrected chi connectivity index (χ1v) is 11.3. The molecular formula is C20H19Cl3N2O4S. The lowest BCUT2D eigenvalue weighted by Crippen LogP contribution is -2.43. The number of carbonyl (C=O) groups is 3. The summed E-state index contributed by atoms with van der Waals surface area (Å²) in [4.78, 5) is 36.9. The van der Waals surface area contributed by atoms with E-state index in [2.05, 4.69) is 10.6 Å². The van der Waals surface area contributed by atoms with Crippen molar-refractivity contribution in [3.63, 3.8) is 0 Å². The number of esters is 1. The van der Waals surface area contributed by atoms with Gasteiger partial charge in [0.2, 0.25) is 0 Å². The fraction of sp³-hybridized carbons (Fsp3) is 0.250. The molecule has 2 aromatic carbocycles. The fourth-order valence-corrected chi connectivity index (χ4v) is 3.42. The molecule has 0 spiro atoms. The van der Waals surface area contributed by atoms with Crippen LogP contribution in [0.3, 0.4) is 0 Å². The van der Waals surface area contributed by atoms with Crippen LogP contribution >= 0.6 is 46.6 Å². The molecule has 2 aromatic rings. The molecule has 0 aliphatic heterocycles. The molecular weight excluding hydrogens is 471 g/mol. The number of hydrogen-bond donors (Lipinski definition) is 2. The van der Waals surface area contributed by atoms with E-state index >= 15 is 0 Å². The number of nitrogens with one attached hydrogen (secondary N) is 2. The molecule has 160 valence electrons. The molecule has 0 radical (unpaired) electrons. The summed E-state index contributed by atoms with van der Waals surface area (Å²) in [7, 11) is 0. The average Bonchev–Trinajstić information content (AvgIpc) is 2.73. The predicted molar refractivity (Wildman–Crippen MR) is 122 cm³/mol. The lowest BCUT2D eigenvalue weighted by atomic mass is 10.1. The number of thioether (sulfide) groups is 1. The molecule has 0 heterocycles. The van der Waals surface area contributed by atoms with E-state index in [1.54, 1.807) is 30.3 Å². The highest BCUT2D eigenvalue weighted by Gasteiger charge is 2.23. The Morgan fingerprint density at radius 3 is 2.37 bits per heavy atom. The smallest absolute Gasteiger partial charge is 0.329 e. The largest absolute Gasteiger partial charge is 0.454 e. The molecule has 2 amide bonds. The van der Waals surface area contributed by atoms with Gasteiger partial charge in [-0.3, -0.25) is 9.59 Å². The number of halogens is 3. The molecule has 1 atom stereocenters. The summed E-state index contributed by atoms with van der Waals surface area (Å²) in [6.07, 6.45) is 2.24. The van der Waals surface area contributed by atoms with Crippen molar-refractivity contribution >= 4 is 70.0 Å². The van der Waals surface area contributed by atoms with Crippen LogP contribution in [0.1, 0.15) is 16.8 Å². The summed E-state index contributed by atoms with van der Waals surface area (Å²) < 4.78 is 5.09. The Hall–Kier alpha value is -1.93. The van der Waals surface area contributed by atoms with Gasteiger partial charge in [-0.2, -0.15) is 11.8 Å². The first-order chi connectivity index (χ1) is 14.3. The second kappa shape index (κ2) is 12.1. The van der Waals surface area contributed by atoms with Gasteiger partial charge in [-0.1, -0.05) is 53.0 Å². The monoisotopic (exact) mass is 488 g/mol. The number of carbonyl (C=O) groups excluding carboxylic acids is 3. The maximum atomic E-state index is 12.4. The summed E-state index contributed by atoms with van der Waals surface area (Å²) in [6.45, 7) is -0.549. The fourth-order valence-electron chi connectivity index (χ4n) is 2.36. The van der Waals surface area contributed by atoms with Crippen LogP contribution in [0.5, 0.6) is 0 Å². The Balaban J connectivity index is 1.95. The minimum absolute atomic E-state index is 0.192. The van der Waals surface area contributed by atoms with Crippen molar-refractivity contribution in [1.29, 1.82) is 0 Å². The molecule has 0 unspecified atom stereocenters. The molecule has 10 heteroatoms. The average molecular weight is 490 g/mol. The number of ether oxygens (including phenoxy) is 1. The van der Waals surface area contributed by atoms with E-state index in [9.17, 15) is 14.4 Å². The van der Waals surface area contributed by atoms with Gasteiger partial charge in [0.25, 0.3) is 11.8 Å². The van der Waals surface area contributed by atoms with Gasteiger partial charge in [-0.15, -0.1) is 0 Å². The molecule has 0 bridgehead atoms. The number of hydrogen-bond acceptors (Lipinski definition) is 5. The predicted octanol–water partition coefficient (Wildman–Crippen LogP) is 4.68. The number of amides is 2. The Labute approximate surface area is 193 Å². The molecule has 0 saturated heterocycles. The van der Waals surface area contributed by atoms with Crippen LogP contribution in [-0.4, -0.2) is 42.4 Å². The molecule has 2 N–H and O–H groups in total. The van der Waals surface area contributed by atoms with Crippen molar-refractivity contribution in [1.82, 2.24) is 5.32 Å². The van der Waals surface area contributed by atoms with Crippen molar-refractivity contribution in [2.24, 2.45) is 0 Å². The maximum absolute atomic E-state index is 12.4. The molecule has 0 aliphatic carbocycles. The summed E-state index contributed by atoms with van der Waals surface area (Å²) in [5, 5.41) is 5.81. The topological polar surface area (TPSA) is 84.5 Å². The van der Waals surface area contributed by atoms with Crippen LogP contribution in [0, 0.1) is 0 Å². The van der Waals surface area contributed by atoms with Gasteiger partial charge in [0, 0.05) is 5.56 Å². The lowest BCUT2D eigenvalue weighted by Gasteiger charge is -2.17. The number of anilines is 1. The second-order valence-electron chi connectivity index (χ2n) is 6.08. The Morgan fingerprint density at radius 1 is 1.03 bits per heavy atom. The van der Waals surface area contributed by atoms with Crippen LogP contribution in [0.2, 0.25) is 15.1 Å². The Morgan fingerprint density at radius 2 is 1.70 bits per heavy atom. The second-order valence-corrected chi connectivity index (χ2v) is 8.28. The minimum Gasteiger partial charge on any atom is -0.454 e. The van der Waals surface area contributed by atoms with E-state index < -0.39 is 30.4 Å². The first-order valence-electron chi connectivity index (χ1n) is 8.77. The van der Waals surface area contributed by atoms with Crippen LogP contribution in [-0.2, 0) is 14.3 Å². The third-order valence-corrected chi connectivity index (χ3v) is 5.54. The molecule has 0 saturated carbocycles. The van der Waals surface area contributed by atoms with Gasteiger partial charge in [-0.25, -0.2) is 4.79 Å². The van der Waals surface area contributed by atoms with Crippen molar-refractivity contribution < 1.29 is 19.1 Å². The van der Waals surface area contributed by atoms with E-state index in [-0.39, 0.29) is 20.8 Å². The zero-order chi connectivity index (χ0) is 22.1. The SMILES string of the molecule is CSCC[C@@H](NC(=O)c1ccccc1)C(=O)OCC(=O)Nc1cc(Cl)c(Cl)cc1Cl. The molecule has 0 aromatic heterocycles. The zero-order valence-electron chi connectivity index (χ0n) is 15.9. The first kappa shape index (κ1) is 24.3. The van der Waals surface area contributed by atoms with Gasteiger partial charge >= 0.3 is 5.97 Å². The third-order valence-electron chi connectivity index (χ3n) is 3.87. The molecule has 0 fully saturated rings. The summed E-state index contributed by atoms with van der Waals surface area (Å²) in [6, 6.07) is 10.4. The van der Waals surface area contributed by atoms with Crippen LogP contribution in [0.15, 0.2) is 42.5 Å². The molecule has 6 nitrogen and oxygen atoms in total. The maximum Gasteiger partial charge on any atom is 0.329 e. The summed E-state index contributed by atoms with van der Waals surface area (Å²) >= 11 is 19.3. The number of rotatable bonds is 9. The highest BCUT2D eigenvalue weighted by Crippen LogP contribution is 2.32. The zero-order valence-corrected chi connectivity index (χ0v) is 19.0. The minimum atomic E-state index is -0.883. The molecule has 0 aliphatic rings. The van der Waals surface area contributed by atoms with E-state index in [4.69, 9.17) is 39.5 Å². The van der Waals surface area contributed by atoms with E-state index in [0.29, 0.717) is 17.7 Å². The van der Waals surface area contributed by atoms with Gasteiger partial charge < -0.3 is 15.4 Å². The third kappa shape index (κ3) is 7.40. The van der Waals surface area contributed by atoms with Crippen molar-refractivity contribution in [3.05, 3.63) is 63.1 Å². The Kier molecular flexibility index (Phi) is 9.78. The molecule has 2 rings (SSSR count). The highest BCUT2D eigenvalue weighted by atomic mass is 35.5. The van der Waals surface area contributed by atoms with Gasteiger partial charge in [0.1, 0.15) is 6.04 Å². The van der Waals surface area contributed by atoms with Crippen molar-refractivity contribution in [2.75, 3.05) is 23.9 Å². The van der Waals surface area contributed by atoms with Crippen LogP contribution in [0.25, 0.3) is 0 Å². The van der Waals surface area contributed by atoms with E-state index in [1.165, 1.54) is 23.9 Å². The lowest BCUT2D eigenvalue weighted by molar-refractivity contribution is -0.149. The quantitative estimate of drug-likeness (QED) is 0.395. The van der Waals surface area contributed by atoms with Crippen LogP contribution < -0.4 is 10.6 Å². The van der Waals surface area contributed by atoms with E-state index in [0.717, 1.165) is 0 Å². The van der Waals surface area contributed by atoms with Crippen molar-refractivity contribution in [2.45, 2.75) is 12.5 Å². The summed E-state index contributed by atoms with van der Waals surface area (Å²) in [5.74, 6) is -1.09. The van der Waals surface area contributed by atoms with Gasteiger partial charge in [-0.05, 0) is 42.7 Å². The standard InChI is InChI=1S/C20H19Cl3N2O4S/c1-30-8-7-16(25-19(27)12-5-3-2-4-6-12)20(28)29-11-18(26)24-17-10-14(22)13(21)9-15(17)23/h2-6,9-10,16H,7-8,11H2,1H3,(H,24,26)(H,25,27)/t16-/m1/s1. The highest BCUT2D eigenvalue weighted by molar-refractivity contribution is 7.98. The van der Waals surface area contributed by atoms with E-state index in [1.807, 2.05) is 6.26 Å². The normalized spacial score (nSPS) is 11.5. The van der Waals surface area contributed by atoms with Gasteiger partial charge in [0.15, 0.2) is 6.61 Å². The molecule has 30 heavy (non-hydrogen) atoms. The van der Waals surface area contributed by atoms with Crippen molar-refractivity contribution in [3.8, 4) is 0 Å². The number of benzene rings is 2. The van der Waals surface area contributed by atoms with Crippen LogP contribution in [0.4, 0.5) is 5.69 Å². The Bertz CT molecular complexity index is 912.